The summed E-state index contributed by atoms with van der Waals surface area (Å²) < 4.78 is 23.5. The van der Waals surface area contributed by atoms with Crippen LogP contribution < -0.4 is 0 Å². The van der Waals surface area contributed by atoms with E-state index in [0.29, 0.717) is 25.0 Å². The van der Waals surface area contributed by atoms with Crippen molar-refractivity contribution >= 4 is 0 Å². The molecule has 1 rings (SSSR count). The van der Waals surface area contributed by atoms with Crippen molar-refractivity contribution in [1.29, 1.82) is 0 Å². The second-order valence-electron chi connectivity index (χ2n) is 9.96. The van der Waals surface area contributed by atoms with Gasteiger partial charge in [-0.3, -0.25) is 0 Å². The first-order chi connectivity index (χ1) is 12.0. The van der Waals surface area contributed by atoms with Gasteiger partial charge in [0.2, 0.25) is 0 Å². The third kappa shape index (κ3) is 10.8. The van der Waals surface area contributed by atoms with E-state index >= 15 is 0 Å². The van der Waals surface area contributed by atoms with Crippen molar-refractivity contribution in [2.75, 3.05) is 59.8 Å². The Morgan fingerprint density at radius 2 is 1.62 bits per heavy atom. The molecule has 0 aliphatic carbocycles. The summed E-state index contributed by atoms with van der Waals surface area (Å²) in [6.07, 6.45) is 0.248. The molecule has 1 aliphatic rings. The van der Waals surface area contributed by atoms with Crippen LogP contribution in [0.2, 0.25) is 0 Å². The van der Waals surface area contributed by atoms with Crippen molar-refractivity contribution in [2.24, 2.45) is 17.3 Å². The lowest BCUT2D eigenvalue weighted by Gasteiger charge is -2.41. The van der Waals surface area contributed by atoms with E-state index in [9.17, 15) is 0 Å². The molecular formula is C21H43NO4. The molecule has 1 heterocycles. The Morgan fingerprint density at radius 1 is 0.962 bits per heavy atom. The van der Waals surface area contributed by atoms with Crippen LogP contribution in [0.4, 0.5) is 0 Å². The minimum Gasteiger partial charge on any atom is -0.381 e. The highest BCUT2D eigenvalue weighted by molar-refractivity contribution is 4.83. The summed E-state index contributed by atoms with van der Waals surface area (Å²) in [4.78, 5) is 2.32. The monoisotopic (exact) mass is 373 g/mol. The molecule has 5 nitrogen and oxygen atoms in total. The lowest BCUT2D eigenvalue weighted by Crippen LogP contribution is -2.48. The summed E-state index contributed by atoms with van der Waals surface area (Å²) in [6, 6.07) is 0. The second-order valence-corrected chi connectivity index (χ2v) is 9.96. The zero-order chi connectivity index (χ0) is 19.8. The number of nitrogens with zero attached hydrogens (tertiary/aromatic N) is 1. The van der Waals surface area contributed by atoms with Gasteiger partial charge in [-0.1, -0.05) is 27.7 Å². The summed E-state index contributed by atoms with van der Waals surface area (Å²) in [7, 11) is 2.15. The van der Waals surface area contributed by atoms with E-state index in [1.807, 2.05) is 0 Å². The van der Waals surface area contributed by atoms with E-state index in [0.717, 1.165) is 39.5 Å². The molecule has 3 atom stereocenters. The van der Waals surface area contributed by atoms with E-state index < -0.39 is 0 Å². The SMILES string of the molecule is CC1COCC(CN(C)CCOCCOCC(C)(C)C)C1OC(C)(C)C. The first kappa shape index (κ1) is 23.8. The third-order valence-electron chi connectivity index (χ3n) is 4.30. The van der Waals surface area contributed by atoms with Gasteiger partial charge in [-0.25, -0.2) is 0 Å². The van der Waals surface area contributed by atoms with Gasteiger partial charge in [-0.15, -0.1) is 0 Å². The predicted molar refractivity (Wildman–Crippen MR) is 107 cm³/mol. The van der Waals surface area contributed by atoms with Crippen LogP contribution in [-0.4, -0.2) is 76.4 Å². The number of rotatable bonds is 10. The van der Waals surface area contributed by atoms with E-state index in [1.54, 1.807) is 0 Å². The van der Waals surface area contributed by atoms with Gasteiger partial charge in [0.05, 0.1) is 51.3 Å². The molecule has 1 saturated heterocycles. The molecule has 26 heavy (non-hydrogen) atoms. The van der Waals surface area contributed by atoms with Crippen molar-refractivity contribution in [3.63, 3.8) is 0 Å². The molecule has 0 N–H and O–H groups in total. The Morgan fingerprint density at radius 3 is 2.23 bits per heavy atom. The minimum absolute atomic E-state index is 0.122. The molecule has 0 bridgehead atoms. The fourth-order valence-corrected chi connectivity index (χ4v) is 3.15. The van der Waals surface area contributed by atoms with Crippen molar-refractivity contribution in [3.05, 3.63) is 0 Å². The Bertz CT molecular complexity index is 375. The van der Waals surface area contributed by atoms with Gasteiger partial charge in [0.15, 0.2) is 0 Å². The Balaban J connectivity index is 2.24. The van der Waals surface area contributed by atoms with Crippen molar-refractivity contribution < 1.29 is 18.9 Å². The van der Waals surface area contributed by atoms with Gasteiger partial charge in [0.25, 0.3) is 0 Å². The molecule has 0 amide bonds. The first-order valence-corrected chi connectivity index (χ1v) is 10.1. The highest BCUT2D eigenvalue weighted by Crippen LogP contribution is 2.28. The summed E-state index contributed by atoms with van der Waals surface area (Å²) in [5, 5.41) is 0. The van der Waals surface area contributed by atoms with Crippen LogP contribution in [0, 0.1) is 17.3 Å². The molecule has 0 aromatic rings. The quantitative estimate of drug-likeness (QED) is 0.549. The van der Waals surface area contributed by atoms with Crippen LogP contribution in [-0.2, 0) is 18.9 Å². The zero-order valence-corrected chi connectivity index (χ0v) is 18.5. The molecule has 0 aromatic heterocycles. The average Bonchev–Trinajstić information content (AvgIpc) is 2.47. The van der Waals surface area contributed by atoms with E-state index in [1.165, 1.54) is 0 Å². The summed E-state index contributed by atoms with van der Waals surface area (Å²) in [5.74, 6) is 0.829. The molecule has 156 valence electrons. The molecular weight excluding hydrogens is 330 g/mol. The summed E-state index contributed by atoms with van der Waals surface area (Å²) in [5.41, 5.74) is 0.0916. The van der Waals surface area contributed by atoms with Crippen molar-refractivity contribution in [3.8, 4) is 0 Å². The van der Waals surface area contributed by atoms with E-state index in [4.69, 9.17) is 18.9 Å². The first-order valence-electron chi connectivity index (χ1n) is 10.1. The molecule has 0 aromatic carbocycles. The molecule has 0 radical (unpaired) electrons. The lowest BCUT2D eigenvalue weighted by atomic mass is 9.89. The minimum atomic E-state index is -0.122. The van der Waals surface area contributed by atoms with Crippen LogP contribution in [0.3, 0.4) is 0 Å². The van der Waals surface area contributed by atoms with Gasteiger partial charge in [0, 0.05) is 24.9 Å². The fraction of sp³-hybridized carbons (Fsp3) is 1.00. The van der Waals surface area contributed by atoms with Crippen LogP contribution in [0.1, 0.15) is 48.5 Å². The van der Waals surface area contributed by atoms with Gasteiger partial charge < -0.3 is 23.8 Å². The van der Waals surface area contributed by atoms with Gasteiger partial charge in [-0.2, -0.15) is 0 Å². The largest absolute Gasteiger partial charge is 0.381 e. The maximum absolute atomic E-state index is 6.35. The number of hydrogen-bond donors (Lipinski definition) is 0. The van der Waals surface area contributed by atoms with Crippen LogP contribution >= 0.6 is 0 Å². The second kappa shape index (κ2) is 11.0. The summed E-state index contributed by atoms with van der Waals surface area (Å²) in [6.45, 7) is 21.4. The third-order valence-corrected chi connectivity index (χ3v) is 4.30. The number of hydrogen-bond acceptors (Lipinski definition) is 5. The van der Waals surface area contributed by atoms with Crippen molar-refractivity contribution in [1.82, 2.24) is 4.90 Å². The highest BCUT2D eigenvalue weighted by Gasteiger charge is 2.35. The maximum Gasteiger partial charge on any atom is 0.0701 e. The number of ether oxygens (including phenoxy) is 4. The molecule has 5 heteroatoms. The Kier molecular flexibility index (Phi) is 10.0. The fourth-order valence-electron chi connectivity index (χ4n) is 3.15. The van der Waals surface area contributed by atoms with Crippen LogP contribution in [0.5, 0.6) is 0 Å². The van der Waals surface area contributed by atoms with Crippen molar-refractivity contribution in [2.45, 2.75) is 60.2 Å². The van der Waals surface area contributed by atoms with Gasteiger partial charge in [0.1, 0.15) is 0 Å². The topological polar surface area (TPSA) is 40.2 Å². The molecule has 0 saturated carbocycles. The molecule has 0 spiro atoms. The Hall–Kier alpha value is -0.200. The molecule has 3 unspecified atom stereocenters. The van der Waals surface area contributed by atoms with E-state index in [-0.39, 0.29) is 17.1 Å². The highest BCUT2D eigenvalue weighted by atomic mass is 16.5. The smallest absolute Gasteiger partial charge is 0.0701 e. The van der Waals surface area contributed by atoms with Crippen LogP contribution in [0.15, 0.2) is 0 Å². The molecule has 1 aliphatic heterocycles. The zero-order valence-electron chi connectivity index (χ0n) is 18.5. The lowest BCUT2D eigenvalue weighted by molar-refractivity contribution is -0.160. The normalized spacial score (nSPS) is 25.0. The van der Waals surface area contributed by atoms with Gasteiger partial charge >= 0.3 is 0 Å². The number of likely N-dealkylation sites (N-methyl/N-ethyl adjacent to an activating group) is 1. The van der Waals surface area contributed by atoms with Crippen LogP contribution in [0.25, 0.3) is 0 Å². The molecule has 1 fully saturated rings. The van der Waals surface area contributed by atoms with E-state index in [2.05, 4.69) is 60.4 Å². The summed E-state index contributed by atoms with van der Waals surface area (Å²) >= 11 is 0. The predicted octanol–water partition coefficient (Wildman–Crippen LogP) is 3.46. The van der Waals surface area contributed by atoms with Gasteiger partial charge in [-0.05, 0) is 33.2 Å². The maximum atomic E-state index is 6.35. The average molecular weight is 374 g/mol. The Labute approximate surface area is 161 Å². The standard InChI is InChI=1S/C21H43NO4/c1-17-14-25-15-18(19(17)26-21(5,6)7)13-22(8)9-10-23-11-12-24-16-20(2,3)4/h17-19H,9-16H2,1-8H3.